The van der Waals surface area contributed by atoms with Gasteiger partial charge in [-0.05, 0) is 37.5 Å². The van der Waals surface area contributed by atoms with Crippen molar-refractivity contribution < 1.29 is 18.6 Å². The van der Waals surface area contributed by atoms with Crippen LogP contribution >= 0.6 is 0 Å². The third-order valence-electron chi connectivity index (χ3n) is 3.51. The second kappa shape index (κ2) is 5.38. The standard InChI is InChI=1S/C13H19NO4S/c1-19(17,18)13-8-10(5-6-12(13)16)14-7-3-2-4-11(14)9-15/h5-6,8,11,15-16H,2-4,7,9H2,1H3. The summed E-state index contributed by atoms with van der Waals surface area (Å²) in [5.41, 5.74) is 0.733. The number of hydrogen-bond donors (Lipinski definition) is 2. The normalized spacial score (nSPS) is 20.5. The van der Waals surface area contributed by atoms with Crippen molar-refractivity contribution in [3.63, 3.8) is 0 Å². The second-order valence-electron chi connectivity index (χ2n) is 4.95. The van der Waals surface area contributed by atoms with Gasteiger partial charge in [0.15, 0.2) is 9.84 Å². The van der Waals surface area contributed by atoms with Crippen LogP contribution in [0.3, 0.4) is 0 Å². The summed E-state index contributed by atoms with van der Waals surface area (Å²) < 4.78 is 23.2. The SMILES string of the molecule is CS(=O)(=O)c1cc(N2CCCCC2CO)ccc1O. The molecule has 106 valence electrons. The van der Waals surface area contributed by atoms with E-state index in [0.717, 1.165) is 37.8 Å². The van der Waals surface area contributed by atoms with E-state index in [2.05, 4.69) is 0 Å². The zero-order chi connectivity index (χ0) is 14.0. The number of rotatable bonds is 3. The highest BCUT2D eigenvalue weighted by molar-refractivity contribution is 7.90. The maximum absolute atomic E-state index is 11.6. The molecule has 1 aromatic carbocycles. The van der Waals surface area contributed by atoms with Gasteiger partial charge < -0.3 is 15.1 Å². The summed E-state index contributed by atoms with van der Waals surface area (Å²) in [6.45, 7) is 0.842. The molecule has 1 aliphatic heterocycles. The van der Waals surface area contributed by atoms with E-state index in [1.807, 2.05) is 4.90 Å². The first-order valence-corrected chi connectivity index (χ1v) is 8.23. The molecule has 1 heterocycles. The third kappa shape index (κ3) is 3.01. The number of aliphatic hydroxyl groups is 1. The van der Waals surface area contributed by atoms with Gasteiger partial charge in [0.25, 0.3) is 0 Å². The number of nitrogens with zero attached hydrogens (tertiary/aromatic N) is 1. The number of phenols is 1. The zero-order valence-electron chi connectivity index (χ0n) is 10.9. The fraction of sp³-hybridized carbons (Fsp3) is 0.538. The van der Waals surface area contributed by atoms with Gasteiger partial charge in [0.05, 0.1) is 12.6 Å². The van der Waals surface area contributed by atoms with E-state index in [9.17, 15) is 18.6 Å². The summed E-state index contributed by atoms with van der Waals surface area (Å²) in [4.78, 5) is 1.95. The quantitative estimate of drug-likeness (QED) is 0.871. The van der Waals surface area contributed by atoms with Crippen molar-refractivity contribution in [2.75, 3.05) is 24.3 Å². The lowest BCUT2D eigenvalue weighted by atomic mass is 10.0. The molecule has 1 aliphatic rings. The maximum atomic E-state index is 11.6. The molecule has 2 N–H and O–H groups in total. The average molecular weight is 285 g/mol. The summed E-state index contributed by atoms with van der Waals surface area (Å²) in [6.07, 6.45) is 4.06. The molecule has 0 spiro atoms. The van der Waals surface area contributed by atoms with Gasteiger partial charge in [-0.15, -0.1) is 0 Å². The van der Waals surface area contributed by atoms with Gasteiger partial charge >= 0.3 is 0 Å². The predicted octanol–water partition coefficient (Wildman–Crippen LogP) is 1.15. The van der Waals surface area contributed by atoms with Gasteiger partial charge in [0.2, 0.25) is 0 Å². The van der Waals surface area contributed by atoms with Crippen LogP contribution in [0.25, 0.3) is 0 Å². The van der Waals surface area contributed by atoms with Crippen LogP contribution in [0.1, 0.15) is 19.3 Å². The molecule has 1 saturated heterocycles. The summed E-state index contributed by atoms with van der Waals surface area (Å²) in [6, 6.07) is 4.59. The van der Waals surface area contributed by atoms with E-state index in [1.165, 1.54) is 12.1 Å². The molecule has 0 aromatic heterocycles. The molecule has 1 aromatic rings. The highest BCUT2D eigenvalue weighted by Crippen LogP contribution is 2.31. The largest absolute Gasteiger partial charge is 0.507 e. The number of hydrogen-bond acceptors (Lipinski definition) is 5. The Morgan fingerprint density at radius 1 is 1.37 bits per heavy atom. The lowest BCUT2D eigenvalue weighted by Gasteiger charge is -2.36. The number of benzene rings is 1. The highest BCUT2D eigenvalue weighted by atomic mass is 32.2. The van der Waals surface area contributed by atoms with Crippen molar-refractivity contribution in [2.45, 2.75) is 30.2 Å². The van der Waals surface area contributed by atoms with Crippen molar-refractivity contribution in [3.8, 4) is 5.75 Å². The molecule has 6 heteroatoms. The van der Waals surface area contributed by atoms with Crippen LogP contribution in [0.15, 0.2) is 23.1 Å². The Hall–Kier alpha value is -1.27. The topological polar surface area (TPSA) is 77.8 Å². The van der Waals surface area contributed by atoms with Crippen LogP contribution < -0.4 is 4.90 Å². The molecule has 5 nitrogen and oxygen atoms in total. The Kier molecular flexibility index (Phi) is 4.01. The Morgan fingerprint density at radius 3 is 2.74 bits per heavy atom. The van der Waals surface area contributed by atoms with Gasteiger partial charge in [-0.3, -0.25) is 0 Å². The zero-order valence-corrected chi connectivity index (χ0v) is 11.7. The number of phenolic OH excluding ortho intramolecular Hbond substituents is 1. The van der Waals surface area contributed by atoms with E-state index in [-0.39, 0.29) is 23.3 Å². The van der Waals surface area contributed by atoms with E-state index >= 15 is 0 Å². The van der Waals surface area contributed by atoms with Crippen molar-refractivity contribution in [1.29, 1.82) is 0 Å². The Labute approximate surface area is 113 Å². The molecule has 0 saturated carbocycles. The fourth-order valence-corrected chi connectivity index (χ4v) is 3.29. The summed E-state index contributed by atoms with van der Waals surface area (Å²) in [5, 5.41) is 19.0. The van der Waals surface area contributed by atoms with Crippen molar-refractivity contribution in [1.82, 2.24) is 0 Å². The van der Waals surface area contributed by atoms with E-state index in [0.29, 0.717) is 0 Å². The first kappa shape index (κ1) is 14.1. The first-order valence-electron chi connectivity index (χ1n) is 6.34. The summed E-state index contributed by atoms with van der Waals surface area (Å²) >= 11 is 0. The fourth-order valence-electron chi connectivity index (χ4n) is 2.51. The Balaban J connectivity index is 2.40. The van der Waals surface area contributed by atoms with Crippen LogP contribution in [0, 0.1) is 0 Å². The van der Waals surface area contributed by atoms with Gasteiger partial charge in [0, 0.05) is 18.5 Å². The molecule has 19 heavy (non-hydrogen) atoms. The number of piperidine rings is 1. The molecule has 1 unspecified atom stereocenters. The first-order chi connectivity index (χ1) is 8.93. The number of sulfone groups is 1. The second-order valence-corrected chi connectivity index (χ2v) is 6.93. The molecule has 2 rings (SSSR count). The van der Waals surface area contributed by atoms with Crippen LogP contribution in [0.2, 0.25) is 0 Å². The lowest BCUT2D eigenvalue weighted by molar-refractivity contribution is 0.240. The Bertz CT molecular complexity index is 556. The smallest absolute Gasteiger partial charge is 0.179 e. The molecule has 1 atom stereocenters. The predicted molar refractivity (Wildman–Crippen MR) is 73.3 cm³/mol. The van der Waals surface area contributed by atoms with E-state index in [1.54, 1.807) is 6.07 Å². The van der Waals surface area contributed by atoms with Crippen molar-refractivity contribution in [3.05, 3.63) is 18.2 Å². The van der Waals surface area contributed by atoms with Crippen molar-refractivity contribution >= 4 is 15.5 Å². The molecule has 0 aliphatic carbocycles. The lowest BCUT2D eigenvalue weighted by Crippen LogP contribution is -2.41. The van der Waals surface area contributed by atoms with Crippen molar-refractivity contribution in [2.24, 2.45) is 0 Å². The summed E-state index contributed by atoms with van der Waals surface area (Å²) in [5.74, 6) is -0.233. The van der Waals surface area contributed by atoms with Crippen LogP contribution in [0.5, 0.6) is 5.75 Å². The molecular formula is C13H19NO4S. The third-order valence-corrected chi connectivity index (χ3v) is 4.64. The maximum Gasteiger partial charge on any atom is 0.179 e. The van der Waals surface area contributed by atoms with Gasteiger partial charge in [-0.1, -0.05) is 0 Å². The van der Waals surface area contributed by atoms with Crippen LogP contribution in [0.4, 0.5) is 5.69 Å². The number of aliphatic hydroxyl groups excluding tert-OH is 1. The molecule has 0 radical (unpaired) electrons. The minimum Gasteiger partial charge on any atom is -0.507 e. The monoisotopic (exact) mass is 285 g/mol. The van der Waals surface area contributed by atoms with E-state index < -0.39 is 9.84 Å². The van der Waals surface area contributed by atoms with Crippen LogP contribution in [-0.4, -0.2) is 44.1 Å². The molecule has 0 amide bonds. The highest BCUT2D eigenvalue weighted by Gasteiger charge is 2.23. The molecular weight excluding hydrogens is 266 g/mol. The molecule has 1 fully saturated rings. The Morgan fingerprint density at radius 2 is 2.11 bits per heavy atom. The minimum atomic E-state index is -3.46. The molecule has 0 bridgehead atoms. The van der Waals surface area contributed by atoms with E-state index in [4.69, 9.17) is 0 Å². The van der Waals surface area contributed by atoms with Crippen LogP contribution in [-0.2, 0) is 9.84 Å². The van der Waals surface area contributed by atoms with Gasteiger partial charge in [0.1, 0.15) is 10.6 Å². The average Bonchev–Trinajstić information content (AvgIpc) is 2.38. The minimum absolute atomic E-state index is 0.0192. The number of aromatic hydroxyl groups is 1. The summed E-state index contributed by atoms with van der Waals surface area (Å²) in [7, 11) is -3.46. The van der Waals surface area contributed by atoms with Gasteiger partial charge in [-0.25, -0.2) is 8.42 Å². The van der Waals surface area contributed by atoms with Gasteiger partial charge in [-0.2, -0.15) is 0 Å². The number of anilines is 1.